The molecule has 9 heavy (non-hydrogen) atoms. The van der Waals surface area contributed by atoms with E-state index in [1.807, 2.05) is 20.8 Å². The van der Waals surface area contributed by atoms with E-state index in [2.05, 4.69) is 0 Å². The summed E-state index contributed by atoms with van der Waals surface area (Å²) in [5.41, 5.74) is -0.299. The Morgan fingerprint density at radius 2 is 1.89 bits per heavy atom. The summed E-state index contributed by atoms with van der Waals surface area (Å²) in [4.78, 5) is 10.3. The van der Waals surface area contributed by atoms with Crippen molar-refractivity contribution >= 4 is 29.0 Å². The number of carbonyl (C=O) groups is 1. The van der Waals surface area contributed by atoms with E-state index in [1.54, 1.807) is 22.9 Å². The Morgan fingerprint density at radius 3 is 1.89 bits per heavy atom. The van der Waals surface area contributed by atoms with Gasteiger partial charge in [-0.15, -0.1) is 0 Å². The second-order valence-electron chi connectivity index (χ2n) is 2.73. The van der Waals surface area contributed by atoms with Crippen molar-refractivity contribution in [3.63, 3.8) is 0 Å². The van der Waals surface area contributed by atoms with Crippen LogP contribution in [0.3, 0.4) is 0 Å². The van der Waals surface area contributed by atoms with Crippen LogP contribution in [0.25, 0.3) is 0 Å². The van der Waals surface area contributed by atoms with Crippen LogP contribution in [-0.2, 0) is 0 Å². The fraction of sp³-hybridized carbons (Fsp3) is 0.800. The first-order chi connectivity index (χ1) is 3.85. The van der Waals surface area contributed by atoms with Gasteiger partial charge in [0.2, 0.25) is 0 Å². The van der Waals surface area contributed by atoms with E-state index in [4.69, 9.17) is 5.11 Å². The second kappa shape index (κ2) is 2.72. The fourth-order valence-corrected chi connectivity index (χ4v) is 0.287. The lowest BCUT2D eigenvalue weighted by atomic mass is 10.1. The minimum Gasteiger partial charge on any atom is -0.464 e. The van der Waals surface area contributed by atoms with Crippen molar-refractivity contribution in [3.05, 3.63) is 0 Å². The highest BCUT2D eigenvalue weighted by Gasteiger charge is 2.22. The molecule has 0 spiro atoms. The minimum absolute atomic E-state index is 0.299. The van der Waals surface area contributed by atoms with Crippen LogP contribution in [0.5, 0.6) is 0 Å². The van der Waals surface area contributed by atoms with Crippen molar-refractivity contribution < 1.29 is 9.90 Å². The summed E-state index contributed by atoms with van der Waals surface area (Å²) in [6.45, 7) is 5.52. The molecule has 0 fully saturated rings. The van der Waals surface area contributed by atoms with E-state index < -0.39 is 6.09 Å². The monoisotopic (exact) mass is 243 g/mol. The van der Waals surface area contributed by atoms with Crippen LogP contribution in [-0.4, -0.2) is 19.9 Å². The summed E-state index contributed by atoms with van der Waals surface area (Å²) < 4.78 is 1.24. The molecule has 0 heterocycles. The molecule has 0 saturated heterocycles. The first kappa shape index (κ1) is 9.00. The average Bonchev–Trinajstić information content (AvgIpc) is 1.62. The summed E-state index contributed by atoms with van der Waals surface area (Å²) in [5, 5.41) is 8.44. The van der Waals surface area contributed by atoms with Crippen LogP contribution in [0.4, 0.5) is 4.79 Å². The molecule has 0 radical (unpaired) electrons. The molecule has 54 valence electrons. The predicted molar refractivity (Wildman–Crippen MR) is 43.6 cm³/mol. The van der Waals surface area contributed by atoms with E-state index in [0.717, 1.165) is 0 Å². The van der Waals surface area contributed by atoms with Crippen molar-refractivity contribution in [2.45, 2.75) is 26.3 Å². The van der Waals surface area contributed by atoms with Gasteiger partial charge in [0.25, 0.3) is 0 Å². The molecule has 0 rings (SSSR count). The first-order valence-electron chi connectivity index (χ1n) is 2.54. The van der Waals surface area contributed by atoms with Crippen molar-refractivity contribution in [2.24, 2.45) is 0 Å². The molecule has 4 heteroatoms. The molecule has 3 nitrogen and oxygen atoms in total. The van der Waals surface area contributed by atoms with Gasteiger partial charge in [0.1, 0.15) is 0 Å². The number of hydrogen-bond acceptors (Lipinski definition) is 1. The maximum Gasteiger partial charge on any atom is 0.416 e. The molecular weight excluding hydrogens is 233 g/mol. The average molecular weight is 243 g/mol. The maximum atomic E-state index is 10.3. The van der Waals surface area contributed by atoms with Crippen molar-refractivity contribution in [1.82, 2.24) is 3.11 Å². The van der Waals surface area contributed by atoms with Gasteiger partial charge >= 0.3 is 6.09 Å². The minimum atomic E-state index is -0.900. The molecule has 1 amide bonds. The lowest BCUT2D eigenvalue weighted by Gasteiger charge is -2.26. The van der Waals surface area contributed by atoms with Crippen LogP contribution < -0.4 is 0 Å². The number of nitrogens with zero attached hydrogens (tertiary/aromatic N) is 1. The number of rotatable bonds is 0. The highest BCUT2D eigenvalue weighted by Crippen LogP contribution is 2.17. The molecular formula is C5H10INO2. The normalized spacial score (nSPS) is 11.1. The highest BCUT2D eigenvalue weighted by molar-refractivity contribution is 14.1. The van der Waals surface area contributed by atoms with Gasteiger partial charge in [-0.3, -0.25) is 0 Å². The summed E-state index contributed by atoms with van der Waals surface area (Å²) >= 11 is 1.77. The SMILES string of the molecule is CC(C)(C)N(I)C(=O)O. The Hall–Kier alpha value is 0. The summed E-state index contributed by atoms with van der Waals surface area (Å²) in [6, 6.07) is 0. The van der Waals surface area contributed by atoms with Gasteiger partial charge in [-0.2, -0.15) is 0 Å². The van der Waals surface area contributed by atoms with Gasteiger partial charge in [0.15, 0.2) is 0 Å². The largest absolute Gasteiger partial charge is 0.464 e. The summed E-state index contributed by atoms with van der Waals surface area (Å²) in [7, 11) is 0. The number of carboxylic acid groups (broad SMARTS) is 1. The lowest BCUT2D eigenvalue weighted by molar-refractivity contribution is 0.159. The zero-order valence-corrected chi connectivity index (χ0v) is 7.84. The Morgan fingerprint density at radius 1 is 1.56 bits per heavy atom. The van der Waals surface area contributed by atoms with Crippen LogP contribution in [0, 0.1) is 0 Å². The molecule has 0 aromatic heterocycles. The summed E-state index contributed by atoms with van der Waals surface area (Å²) in [6.07, 6.45) is -0.900. The van der Waals surface area contributed by atoms with E-state index in [9.17, 15) is 4.79 Å². The number of halogens is 1. The van der Waals surface area contributed by atoms with Gasteiger partial charge in [0.05, 0.1) is 22.9 Å². The molecule has 0 aromatic carbocycles. The molecule has 0 atom stereocenters. The van der Waals surface area contributed by atoms with Crippen molar-refractivity contribution in [3.8, 4) is 0 Å². The zero-order chi connectivity index (χ0) is 7.65. The van der Waals surface area contributed by atoms with Crippen molar-refractivity contribution in [2.75, 3.05) is 0 Å². The summed E-state index contributed by atoms with van der Waals surface area (Å²) in [5.74, 6) is 0. The lowest BCUT2D eigenvalue weighted by Crippen LogP contribution is -2.36. The smallest absolute Gasteiger partial charge is 0.416 e. The van der Waals surface area contributed by atoms with Crippen LogP contribution in [0.15, 0.2) is 0 Å². The third-order valence-corrected chi connectivity index (χ3v) is 2.62. The third-order valence-electron chi connectivity index (χ3n) is 0.757. The molecule has 0 aliphatic heterocycles. The first-order valence-corrected chi connectivity index (χ1v) is 3.51. The molecule has 0 aromatic rings. The standard InChI is InChI=1S/C5H10INO2/c1-5(2,3)7(6)4(8)9/h1-3H3,(H,8,9). The van der Waals surface area contributed by atoms with Gasteiger partial charge in [-0.05, 0) is 20.8 Å². The zero-order valence-electron chi connectivity index (χ0n) is 5.68. The molecule has 0 aliphatic carbocycles. The van der Waals surface area contributed by atoms with Crippen LogP contribution in [0.2, 0.25) is 0 Å². The third kappa shape index (κ3) is 2.88. The fourth-order valence-electron chi connectivity index (χ4n) is 0.287. The predicted octanol–water partition coefficient (Wildman–Crippen LogP) is 2.11. The van der Waals surface area contributed by atoms with Crippen LogP contribution in [0.1, 0.15) is 20.8 Å². The molecule has 0 bridgehead atoms. The van der Waals surface area contributed by atoms with Gasteiger partial charge in [-0.25, -0.2) is 7.91 Å². The maximum absolute atomic E-state index is 10.3. The van der Waals surface area contributed by atoms with E-state index in [0.29, 0.717) is 0 Å². The van der Waals surface area contributed by atoms with Crippen molar-refractivity contribution in [1.29, 1.82) is 0 Å². The van der Waals surface area contributed by atoms with E-state index in [1.165, 1.54) is 3.11 Å². The van der Waals surface area contributed by atoms with Gasteiger partial charge in [0, 0.05) is 5.54 Å². The quantitative estimate of drug-likeness (QED) is 0.522. The topological polar surface area (TPSA) is 40.5 Å². The molecule has 0 unspecified atom stereocenters. The van der Waals surface area contributed by atoms with Gasteiger partial charge < -0.3 is 5.11 Å². The molecule has 0 aliphatic rings. The Balaban J connectivity index is 4.04. The molecule has 0 saturated carbocycles. The van der Waals surface area contributed by atoms with E-state index in [-0.39, 0.29) is 5.54 Å². The Bertz CT molecular complexity index is 119. The van der Waals surface area contributed by atoms with Crippen LogP contribution >= 0.6 is 22.9 Å². The number of amides is 1. The Labute approximate surface area is 68.5 Å². The van der Waals surface area contributed by atoms with E-state index >= 15 is 0 Å². The second-order valence-corrected chi connectivity index (χ2v) is 3.70. The highest BCUT2D eigenvalue weighted by atomic mass is 127. The molecule has 1 N–H and O–H groups in total. The number of hydrogen-bond donors (Lipinski definition) is 1. The Kier molecular flexibility index (Phi) is 2.72. The van der Waals surface area contributed by atoms with Gasteiger partial charge in [-0.1, -0.05) is 0 Å².